The molecule has 2 fully saturated rings. The fourth-order valence-corrected chi connectivity index (χ4v) is 2.42. The molecule has 2 aliphatic rings. The van der Waals surface area contributed by atoms with Crippen LogP contribution in [0.2, 0.25) is 0 Å². The normalized spacial score (nSPS) is 26.1. The van der Waals surface area contributed by atoms with Gasteiger partial charge in [0, 0.05) is 19.2 Å². The lowest BCUT2D eigenvalue weighted by molar-refractivity contribution is 0.240. The van der Waals surface area contributed by atoms with Crippen molar-refractivity contribution in [2.24, 2.45) is 11.3 Å². The van der Waals surface area contributed by atoms with Gasteiger partial charge < -0.3 is 10.4 Å². The number of hydrogen-bond acceptors (Lipinski definition) is 2. The first-order chi connectivity index (χ1) is 6.79. The van der Waals surface area contributed by atoms with E-state index < -0.39 is 0 Å². The van der Waals surface area contributed by atoms with Crippen LogP contribution in [0.5, 0.6) is 0 Å². The molecule has 0 aromatic rings. The summed E-state index contributed by atoms with van der Waals surface area (Å²) in [7, 11) is 0. The SMILES string of the molecule is CCC(NCC1(CCO)CC1)C1CC1. The van der Waals surface area contributed by atoms with Gasteiger partial charge in [0.25, 0.3) is 0 Å². The molecule has 2 nitrogen and oxygen atoms in total. The quantitative estimate of drug-likeness (QED) is 0.653. The van der Waals surface area contributed by atoms with Gasteiger partial charge in [0.05, 0.1) is 0 Å². The van der Waals surface area contributed by atoms with Crippen molar-refractivity contribution in [2.45, 2.75) is 51.5 Å². The molecule has 0 heterocycles. The lowest BCUT2D eigenvalue weighted by Gasteiger charge is -2.21. The molecule has 2 N–H and O–H groups in total. The average Bonchev–Trinajstić information content (AvgIpc) is 3.01. The van der Waals surface area contributed by atoms with Gasteiger partial charge in [-0.05, 0) is 49.9 Å². The molecule has 82 valence electrons. The third kappa shape index (κ3) is 2.48. The zero-order chi connectivity index (χ0) is 10.0. The van der Waals surface area contributed by atoms with E-state index in [-0.39, 0.29) is 0 Å². The molecule has 1 unspecified atom stereocenters. The van der Waals surface area contributed by atoms with Crippen molar-refractivity contribution in [2.75, 3.05) is 13.2 Å². The molecule has 14 heavy (non-hydrogen) atoms. The van der Waals surface area contributed by atoms with Crippen molar-refractivity contribution in [1.82, 2.24) is 5.32 Å². The van der Waals surface area contributed by atoms with E-state index >= 15 is 0 Å². The Labute approximate surface area is 87.1 Å². The molecule has 0 aromatic carbocycles. The van der Waals surface area contributed by atoms with E-state index in [4.69, 9.17) is 5.11 Å². The lowest BCUT2D eigenvalue weighted by atomic mass is 10.0. The van der Waals surface area contributed by atoms with Crippen LogP contribution in [0.25, 0.3) is 0 Å². The monoisotopic (exact) mass is 197 g/mol. The summed E-state index contributed by atoms with van der Waals surface area (Å²) in [6.07, 6.45) is 7.77. The molecule has 0 aliphatic heterocycles. The van der Waals surface area contributed by atoms with E-state index in [1.807, 2.05) is 0 Å². The minimum absolute atomic E-state index is 0.363. The highest BCUT2D eigenvalue weighted by atomic mass is 16.3. The first-order valence-corrected chi connectivity index (χ1v) is 6.14. The van der Waals surface area contributed by atoms with Gasteiger partial charge in [-0.15, -0.1) is 0 Å². The highest BCUT2D eigenvalue weighted by Crippen LogP contribution is 2.48. The summed E-state index contributed by atoms with van der Waals surface area (Å²) in [6.45, 7) is 3.78. The summed E-state index contributed by atoms with van der Waals surface area (Å²) in [5.41, 5.74) is 0.483. The molecule has 1 atom stereocenters. The number of aliphatic hydroxyl groups excluding tert-OH is 1. The zero-order valence-electron chi connectivity index (χ0n) is 9.26. The summed E-state index contributed by atoms with van der Waals surface area (Å²) in [6, 6.07) is 0.756. The zero-order valence-corrected chi connectivity index (χ0v) is 9.26. The molecule has 0 aromatic heterocycles. The summed E-state index contributed by atoms with van der Waals surface area (Å²) >= 11 is 0. The number of rotatable bonds is 7. The molecule has 0 bridgehead atoms. The van der Waals surface area contributed by atoms with Gasteiger partial charge in [-0.3, -0.25) is 0 Å². The Morgan fingerprint density at radius 1 is 1.43 bits per heavy atom. The van der Waals surface area contributed by atoms with Crippen LogP contribution in [-0.4, -0.2) is 24.3 Å². The van der Waals surface area contributed by atoms with Gasteiger partial charge in [0.15, 0.2) is 0 Å². The Kier molecular flexibility index (Phi) is 3.13. The van der Waals surface area contributed by atoms with Crippen molar-refractivity contribution in [3.05, 3.63) is 0 Å². The van der Waals surface area contributed by atoms with Crippen molar-refractivity contribution >= 4 is 0 Å². The fraction of sp³-hybridized carbons (Fsp3) is 1.00. The maximum atomic E-state index is 8.96. The lowest BCUT2D eigenvalue weighted by Crippen LogP contribution is -2.35. The predicted molar refractivity (Wildman–Crippen MR) is 58.2 cm³/mol. The first kappa shape index (κ1) is 10.4. The second-order valence-electron chi connectivity index (χ2n) is 5.21. The summed E-state index contributed by atoms with van der Waals surface area (Å²) in [4.78, 5) is 0. The van der Waals surface area contributed by atoms with Crippen LogP contribution in [0.15, 0.2) is 0 Å². The van der Waals surface area contributed by atoms with E-state index in [0.717, 1.165) is 24.9 Å². The van der Waals surface area contributed by atoms with Crippen molar-refractivity contribution in [3.63, 3.8) is 0 Å². The summed E-state index contributed by atoms with van der Waals surface area (Å²) < 4.78 is 0. The Bertz CT molecular complexity index is 185. The van der Waals surface area contributed by atoms with E-state index in [1.54, 1.807) is 0 Å². The highest BCUT2D eigenvalue weighted by Gasteiger charge is 2.42. The van der Waals surface area contributed by atoms with E-state index in [0.29, 0.717) is 12.0 Å². The maximum Gasteiger partial charge on any atom is 0.0436 e. The topological polar surface area (TPSA) is 32.3 Å². The average molecular weight is 197 g/mol. The Balaban J connectivity index is 1.69. The predicted octanol–water partition coefficient (Wildman–Crippen LogP) is 1.93. The Hall–Kier alpha value is -0.0800. The van der Waals surface area contributed by atoms with Crippen LogP contribution in [0, 0.1) is 11.3 Å². The van der Waals surface area contributed by atoms with Gasteiger partial charge >= 0.3 is 0 Å². The van der Waals surface area contributed by atoms with Gasteiger partial charge in [-0.2, -0.15) is 0 Å². The standard InChI is InChI=1S/C12H23NO/c1-2-11(10-3-4-10)13-9-12(5-6-12)7-8-14/h10-11,13-14H,2-9H2,1H3. The second kappa shape index (κ2) is 4.19. The molecular formula is C12H23NO. The van der Waals surface area contributed by atoms with Crippen molar-refractivity contribution < 1.29 is 5.11 Å². The van der Waals surface area contributed by atoms with Gasteiger partial charge in [-0.1, -0.05) is 6.92 Å². The molecular weight excluding hydrogens is 174 g/mol. The smallest absolute Gasteiger partial charge is 0.0436 e. The minimum Gasteiger partial charge on any atom is -0.396 e. The van der Waals surface area contributed by atoms with Crippen LogP contribution >= 0.6 is 0 Å². The number of nitrogens with one attached hydrogen (secondary N) is 1. The third-order valence-electron chi connectivity index (χ3n) is 3.97. The first-order valence-electron chi connectivity index (χ1n) is 6.14. The minimum atomic E-state index is 0.363. The highest BCUT2D eigenvalue weighted by molar-refractivity contribution is 4.96. The largest absolute Gasteiger partial charge is 0.396 e. The van der Waals surface area contributed by atoms with Crippen molar-refractivity contribution in [3.8, 4) is 0 Å². The number of hydrogen-bond donors (Lipinski definition) is 2. The van der Waals surface area contributed by atoms with Crippen LogP contribution in [0.3, 0.4) is 0 Å². The van der Waals surface area contributed by atoms with E-state index in [1.165, 1.54) is 32.1 Å². The third-order valence-corrected chi connectivity index (χ3v) is 3.97. The summed E-state index contributed by atoms with van der Waals surface area (Å²) in [5, 5.41) is 12.7. The Morgan fingerprint density at radius 3 is 2.57 bits per heavy atom. The van der Waals surface area contributed by atoms with E-state index in [9.17, 15) is 0 Å². The van der Waals surface area contributed by atoms with Gasteiger partial charge in [0.1, 0.15) is 0 Å². The number of aliphatic hydroxyl groups is 1. The molecule has 0 saturated heterocycles. The molecule has 2 heteroatoms. The van der Waals surface area contributed by atoms with Crippen LogP contribution in [0.1, 0.15) is 45.4 Å². The Morgan fingerprint density at radius 2 is 2.14 bits per heavy atom. The molecule has 0 spiro atoms. The molecule has 0 radical (unpaired) electrons. The molecule has 0 amide bonds. The van der Waals surface area contributed by atoms with Crippen LogP contribution < -0.4 is 5.32 Å². The fourth-order valence-electron chi connectivity index (χ4n) is 2.42. The molecule has 2 rings (SSSR count). The van der Waals surface area contributed by atoms with Crippen LogP contribution in [0.4, 0.5) is 0 Å². The van der Waals surface area contributed by atoms with E-state index in [2.05, 4.69) is 12.2 Å². The van der Waals surface area contributed by atoms with Gasteiger partial charge in [-0.25, -0.2) is 0 Å². The van der Waals surface area contributed by atoms with Gasteiger partial charge in [0.2, 0.25) is 0 Å². The molecule has 2 aliphatic carbocycles. The van der Waals surface area contributed by atoms with Crippen LogP contribution in [-0.2, 0) is 0 Å². The second-order valence-corrected chi connectivity index (χ2v) is 5.21. The maximum absolute atomic E-state index is 8.96. The molecule has 2 saturated carbocycles. The van der Waals surface area contributed by atoms with Crippen molar-refractivity contribution in [1.29, 1.82) is 0 Å². The summed E-state index contributed by atoms with van der Waals surface area (Å²) in [5.74, 6) is 0.963.